The number of carbonyl (C=O) groups is 2. The molecule has 0 unspecified atom stereocenters. The molecule has 1 aliphatic heterocycles. The minimum absolute atomic E-state index is 0.0181. The Morgan fingerprint density at radius 1 is 1.50 bits per heavy atom. The van der Waals surface area contributed by atoms with Crippen molar-refractivity contribution in [2.45, 2.75) is 25.8 Å². The van der Waals surface area contributed by atoms with Gasteiger partial charge in [0.2, 0.25) is 5.91 Å². The molecule has 0 bridgehead atoms. The summed E-state index contributed by atoms with van der Waals surface area (Å²) >= 11 is 4.83. The summed E-state index contributed by atoms with van der Waals surface area (Å²) in [5, 5.41) is 1.83. The number of nitrogens with two attached hydrogens (primary N) is 1. The summed E-state index contributed by atoms with van der Waals surface area (Å²) in [6.45, 7) is 2.44. The summed E-state index contributed by atoms with van der Waals surface area (Å²) in [5.41, 5.74) is 6.01. The molecule has 2 amide bonds. The largest absolute Gasteiger partial charge is 0.369 e. The molecule has 0 aromatic carbocycles. The SMILES string of the molecule is C[C@@H]1CC[C@H](C(N)=O)CN1C(=O)c1csc(Br)c1. The molecule has 6 heteroatoms. The van der Waals surface area contributed by atoms with Gasteiger partial charge in [-0.2, -0.15) is 0 Å². The van der Waals surface area contributed by atoms with Gasteiger partial charge in [0.1, 0.15) is 0 Å². The Hall–Kier alpha value is -0.880. The monoisotopic (exact) mass is 330 g/mol. The highest BCUT2D eigenvalue weighted by Crippen LogP contribution is 2.26. The summed E-state index contributed by atoms with van der Waals surface area (Å²) in [5.74, 6) is -0.547. The van der Waals surface area contributed by atoms with E-state index < -0.39 is 0 Å². The number of hydrogen-bond donors (Lipinski definition) is 1. The fourth-order valence-electron chi connectivity index (χ4n) is 2.21. The smallest absolute Gasteiger partial charge is 0.255 e. The number of amides is 2. The maximum Gasteiger partial charge on any atom is 0.255 e. The minimum atomic E-state index is -0.314. The van der Waals surface area contributed by atoms with Crippen molar-refractivity contribution < 1.29 is 9.59 Å². The third-order valence-electron chi connectivity index (χ3n) is 3.36. The van der Waals surface area contributed by atoms with Crippen molar-refractivity contribution in [3.63, 3.8) is 0 Å². The van der Waals surface area contributed by atoms with Crippen LogP contribution in [0.15, 0.2) is 15.2 Å². The van der Waals surface area contributed by atoms with Crippen LogP contribution in [-0.2, 0) is 4.79 Å². The van der Waals surface area contributed by atoms with E-state index in [2.05, 4.69) is 15.9 Å². The number of nitrogens with zero attached hydrogens (tertiary/aromatic N) is 1. The first-order valence-corrected chi connectivity index (χ1v) is 7.50. The van der Waals surface area contributed by atoms with E-state index in [1.807, 2.05) is 18.4 Å². The van der Waals surface area contributed by atoms with Crippen molar-refractivity contribution in [3.05, 3.63) is 20.8 Å². The minimum Gasteiger partial charge on any atom is -0.369 e. The molecule has 2 N–H and O–H groups in total. The Labute approximate surface area is 118 Å². The van der Waals surface area contributed by atoms with Crippen LogP contribution in [0.4, 0.5) is 0 Å². The Morgan fingerprint density at radius 2 is 2.22 bits per heavy atom. The zero-order valence-electron chi connectivity index (χ0n) is 10.1. The molecule has 2 heterocycles. The van der Waals surface area contributed by atoms with E-state index in [4.69, 9.17) is 5.73 Å². The first kappa shape index (κ1) is 13.5. The molecule has 1 aliphatic rings. The standard InChI is InChI=1S/C12H15BrN2O2S/c1-7-2-3-8(11(14)16)5-15(7)12(17)9-4-10(13)18-6-9/h4,6-8H,2-3,5H2,1H3,(H2,14,16)/t7-,8+/m1/s1. The Bertz CT molecular complexity index is 474. The van der Waals surface area contributed by atoms with Crippen LogP contribution in [0.1, 0.15) is 30.1 Å². The molecular weight excluding hydrogens is 316 g/mol. The summed E-state index contributed by atoms with van der Waals surface area (Å²) in [6, 6.07) is 1.97. The van der Waals surface area contributed by atoms with Crippen LogP contribution in [-0.4, -0.2) is 29.3 Å². The van der Waals surface area contributed by atoms with Crippen molar-refractivity contribution in [1.82, 2.24) is 4.90 Å². The number of hydrogen-bond acceptors (Lipinski definition) is 3. The molecule has 2 atom stereocenters. The van der Waals surface area contributed by atoms with Crippen LogP contribution >= 0.6 is 27.3 Å². The van der Waals surface area contributed by atoms with Gasteiger partial charge in [0.15, 0.2) is 0 Å². The highest BCUT2D eigenvalue weighted by atomic mass is 79.9. The van der Waals surface area contributed by atoms with Crippen LogP contribution in [0.3, 0.4) is 0 Å². The van der Waals surface area contributed by atoms with Crippen LogP contribution < -0.4 is 5.73 Å². The van der Waals surface area contributed by atoms with Gasteiger partial charge >= 0.3 is 0 Å². The number of piperidine rings is 1. The summed E-state index contributed by atoms with van der Waals surface area (Å²) in [4.78, 5) is 25.4. The lowest BCUT2D eigenvalue weighted by Crippen LogP contribution is -2.48. The lowest BCUT2D eigenvalue weighted by atomic mass is 9.92. The molecule has 4 nitrogen and oxygen atoms in total. The van der Waals surface area contributed by atoms with Gasteiger partial charge in [0.05, 0.1) is 15.3 Å². The molecule has 18 heavy (non-hydrogen) atoms. The molecule has 0 saturated carbocycles. The molecule has 0 aliphatic carbocycles. The number of likely N-dealkylation sites (tertiary alicyclic amines) is 1. The highest BCUT2D eigenvalue weighted by molar-refractivity contribution is 9.11. The van der Waals surface area contributed by atoms with Crippen molar-refractivity contribution >= 4 is 39.1 Å². The maximum absolute atomic E-state index is 12.4. The van der Waals surface area contributed by atoms with E-state index in [0.29, 0.717) is 12.1 Å². The molecule has 1 fully saturated rings. The molecule has 2 rings (SSSR count). The number of carbonyl (C=O) groups excluding carboxylic acids is 2. The van der Waals surface area contributed by atoms with E-state index in [0.717, 1.165) is 16.6 Å². The van der Waals surface area contributed by atoms with Crippen molar-refractivity contribution in [3.8, 4) is 0 Å². The Kier molecular flexibility index (Phi) is 4.07. The highest BCUT2D eigenvalue weighted by Gasteiger charge is 2.32. The third-order valence-corrected chi connectivity index (χ3v) is 4.86. The number of primary amides is 1. The molecule has 1 saturated heterocycles. The average molecular weight is 331 g/mol. The normalized spacial score (nSPS) is 24.0. The van der Waals surface area contributed by atoms with Crippen LogP contribution in [0, 0.1) is 5.92 Å². The molecule has 1 aromatic heterocycles. The van der Waals surface area contributed by atoms with E-state index in [9.17, 15) is 9.59 Å². The maximum atomic E-state index is 12.4. The van der Waals surface area contributed by atoms with E-state index in [-0.39, 0.29) is 23.8 Å². The van der Waals surface area contributed by atoms with Gasteiger partial charge in [0, 0.05) is 18.0 Å². The molecule has 0 radical (unpaired) electrons. The van der Waals surface area contributed by atoms with E-state index in [1.54, 1.807) is 4.90 Å². The van der Waals surface area contributed by atoms with Gasteiger partial charge in [-0.3, -0.25) is 9.59 Å². The zero-order chi connectivity index (χ0) is 13.3. The van der Waals surface area contributed by atoms with Gasteiger partial charge in [-0.1, -0.05) is 0 Å². The van der Waals surface area contributed by atoms with Gasteiger partial charge in [-0.15, -0.1) is 11.3 Å². The second-order valence-corrected chi connectivity index (χ2v) is 6.91. The topological polar surface area (TPSA) is 63.4 Å². The first-order chi connectivity index (χ1) is 8.49. The quantitative estimate of drug-likeness (QED) is 0.903. The lowest BCUT2D eigenvalue weighted by Gasteiger charge is -2.36. The second-order valence-electron chi connectivity index (χ2n) is 4.62. The van der Waals surface area contributed by atoms with Gasteiger partial charge in [-0.05, 0) is 41.8 Å². The predicted molar refractivity (Wildman–Crippen MR) is 74.4 cm³/mol. The lowest BCUT2D eigenvalue weighted by molar-refractivity contribution is -0.123. The Balaban J connectivity index is 2.15. The summed E-state index contributed by atoms with van der Waals surface area (Å²) in [6.07, 6.45) is 1.60. The second kappa shape index (κ2) is 5.40. The van der Waals surface area contributed by atoms with E-state index >= 15 is 0 Å². The van der Waals surface area contributed by atoms with Crippen molar-refractivity contribution in [2.24, 2.45) is 11.7 Å². The zero-order valence-corrected chi connectivity index (χ0v) is 12.5. The fourth-order valence-corrected chi connectivity index (χ4v) is 3.34. The van der Waals surface area contributed by atoms with Crippen molar-refractivity contribution in [1.29, 1.82) is 0 Å². The molecule has 1 aromatic rings. The molecular formula is C12H15BrN2O2S. The van der Waals surface area contributed by atoms with Gasteiger partial charge < -0.3 is 10.6 Å². The third kappa shape index (κ3) is 2.75. The number of thiophene rings is 1. The average Bonchev–Trinajstić information content (AvgIpc) is 2.75. The number of halogens is 1. The van der Waals surface area contributed by atoms with E-state index in [1.165, 1.54) is 11.3 Å². The fraction of sp³-hybridized carbons (Fsp3) is 0.500. The molecule has 0 spiro atoms. The van der Waals surface area contributed by atoms with Gasteiger partial charge in [0.25, 0.3) is 5.91 Å². The molecule has 98 valence electrons. The predicted octanol–water partition coefficient (Wildman–Crippen LogP) is 2.24. The van der Waals surface area contributed by atoms with Crippen molar-refractivity contribution in [2.75, 3.05) is 6.54 Å². The van der Waals surface area contributed by atoms with Crippen LogP contribution in [0.5, 0.6) is 0 Å². The Morgan fingerprint density at radius 3 is 2.78 bits per heavy atom. The van der Waals surface area contributed by atoms with Gasteiger partial charge in [-0.25, -0.2) is 0 Å². The summed E-state index contributed by atoms with van der Waals surface area (Å²) in [7, 11) is 0. The van der Waals surface area contributed by atoms with Crippen LogP contribution in [0.2, 0.25) is 0 Å². The summed E-state index contributed by atoms with van der Waals surface area (Å²) < 4.78 is 0.932. The van der Waals surface area contributed by atoms with Crippen LogP contribution in [0.25, 0.3) is 0 Å². The first-order valence-electron chi connectivity index (χ1n) is 5.83. The number of rotatable bonds is 2.